The number of benzene rings is 1. The summed E-state index contributed by atoms with van der Waals surface area (Å²) in [7, 11) is 0. The minimum Gasteiger partial charge on any atom is -0.371 e. The number of carbonyl (C=O) groups excluding carboxylic acids is 1. The van der Waals surface area contributed by atoms with Crippen LogP contribution in [0.15, 0.2) is 30.5 Å². The number of hydrogen-bond donors (Lipinski definition) is 3. The van der Waals surface area contributed by atoms with Crippen molar-refractivity contribution in [3.63, 3.8) is 0 Å². The molecule has 1 aromatic heterocycles. The summed E-state index contributed by atoms with van der Waals surface area (Å²) < 4.78 is 19.7. The lowest BCUT2D eigenvalue weighted by Crippen LogP contribution is -2.33. The van der Waals surface area contributed by atoms with Gasteiger partial charge in [0.2, 0.25) is 0 Å². The molecule has 2 heterocycles. The molecule has 110 valence electrons. The summed E-state index contributed by atoms with van der Waals surface area (Å²) >= 11 is 0. The molecule has 21 heavy (non-hydrogen) atoms. The molecule has 2 aromatic rings. The highest BCUT2D eigenvalue weighted by atomic mass is 19.1. The van der Waals surface area contributed by atoms with E-state index in [0.29, 0.717) is 13.2 Å². The number of halogens is 1. The van der Waals surface area contributed by atoms with Crippen LogP contribution < -0.4 is 10.6 Å². The molecule has 3 N–H and O–H groups in total. The molecule has 1 saturated heterocycles. The number of aromatic amines is 1. The Morgan fingerprint density at radius 1 is 1.43 bits per heavy atom. The Labute approximate surface area is 120 Å². The highest BCUT2D eigenvalue weighted by Crippen LogP contribution is 2.23. The van der Waals surface area contributed by atoms with E-state index in [4.69, 9.17) is 4.74 Å². The predicted molar refractivity (Wildman–Crippen MR) is 74.5 cm³/mol. The second-order valence-corrected chi connectivity index (χ2v) is 4.73. The standard InChI is InChI=1S/C14H15FN4O2/c15-10-7-9(13-8-16-5-6-21-13)1-2-11(10)18-14(20)12-3-4-17-19-12/h1-4,7,13,16H,5-6,8H2,(H,17,19)(H,18,20)/t13-/m0/s1. The Kier molecular flexibility index (Phi) is 3.94. The first kappa shape index (κ1) is 13.7. The van der Waals surface area contributed by atoms with Crippen LogP contribution in [0.1, 0.15) is 22.2 Å². The zero-order valence-corrected chi connectivity index (χ0v) is 11.2. The van der Waals surface area contributed by atoms with E-state index in [0.717, 1.165) is 12.1 Å². The third-order valence-electron chi connectivity index (χ3n) is 3.29. The van der Waals surface area contributed by atoms with Crippen LogP contribution in [0.4, 0.5) is 10.1 Å². The molecule has 0 bridgehead atoms. The van der Waals surface area contributed by atoms with E-state index < -0.39 is 11.7 Å². The van der Waals surface area contributed by atoms with Gasteiger partial charge >= 0.3 is 0 Å². The number of aromatic nitrogens is 2. The molecule has 1 fully saturated rings. The second kappa shape index (κ2) is 6.02. The molecule has 6 nitrogen and oxygen atoms in total. The maximum atomic E-state index is 14.1. The van der Waals surface area contributed by atoms with Crippen LogP contribution in [0.25, 0.3) is 0 Å². The number of nitrogens with zero attached hydrogens (tertiary/aromatic N) is 1. The van der Waals surface area contributed by atoms with Crippen molar-refractivity contribution in [2.75, 3.05) is 25.0 Å². The maximum Gasteiger partial charge on any atom is 0.273 e. The van der Waals surface area contributed by atoms with Crippen molar-refractivity contribution in [1.82, 2.24) is 15.5 Å². The molecule has 1 amide bonds. The van der Waals surface area contributed by atoms with Crippen LogP contribution in [0.3, 0.4) is 0 Å². The minimum absolute atomic E-state index is 0.127. The molecule has 0 saturated carbocycles. The molecule has 1 atom stereocenters. The molecule has 1 aliphatic rings. The van der Waals surface area contributed by atoms with Crippen LogP contribution in [0.5, 0.6) is 0 Å². The number of H-pyrrole nitrogens is 1. The van der Waals surface area contributed by atoms with E-state index in [1.807, 2.05) is 0 Å². The van der Waals surface area contributed by atoms with Crippen molar-refractivity contribution in [2.45, 2.75) is 6.10 Å². The van der Waals surface area contributed by atoms with E-state index in [1.165, 1.54) is 24.4 Å². The zero-order valence-electron chi connectivity index (χ0n) is 11.2. The summed E-state index contributed by atoms with van der Waals surface area (Å²) in [6.45, 7) is 2.06. The Bertz CT molecular complexity index is 624. The highest BCUT2D eigenvalue weighted by Gasteiger charge is 2.18. The third-order valence-corrected chi connectivity index (χ3v) is 3.29. The number of ether oxygens (including phenoxy) is 1. The fraction of sp³-hybridized carbons (Fsp3) is 0.286. The second-order valence-electron chi connectivity index (χ2n) is 4.73. The van der Waals surface area contributed by atoms with E-state index >= 15 is 0 Å². The summed E-state index contributed by atoms with van der Waals surface area (Å²) in [5, 5.41) is 11.9. The lowest BCUT2D eigenvalue weighted by Gasteiger charge is -2.24. The largest absolute Gasteiger partial charge is 0.371 e. The number of nitrogens with one attached hydrogen (secondary N) is 3. The summed E-state index contributed by atoms with van der Waals surface area (Å²) in [4.78, 5) is 11.8. The minimum atomic E-state index is -0.491. The van der Waals surface area contributed by atoms with Crippen LogP contribution >= 0.6 is 0 Å². The number of anilines is 1. The smallest absolute Gasteiger partial charge is 0.273 e. The van der Waals surface area contributed by atoms with Gasteiger partial charge in [0.05, 0.1) is 18.4 Å². The predicted octanol–water partition coefficient (Wildman–Crippen LogP) is 1.46. The van der Waals surface area contributed by atoms with E-state index in [2.05, 4.69) is 20.8 Å². The summed E-state index contributed by atoms with van der Waals surface area (Å²) in [5.41, 5.74) is 1.15. The van der Waals surface area contributed by atoms with Gasteiger partial charge in [0.25, 0.3) is 5.91 Å². The molecule has 0 radical (unpaired) electrons. The van der Waals surface area contributed by atoms with Gasteiger partial charge in [0.1, 0.15) is 11.5 Å². The van der Waals surface area contributed by atoms with Gasteiger partial charge in [-0.15, -0.1) is 0 Å². The van der Waals surface area contributed by atoms with Crippen LogP contribution in [0.2, 0.25) is 0 Å². The van der Waals surface area contributed by atoms with E-state index in [9.17, 15) is 9.18 Å². The molecule has 3 rings (SSSR count). The van der Waals surface area contributed by atoms with Gasteiger partial charge in [0, 0.05) is 19.3 Å². The monoisotopic (exact) mass is 290 g/mol. The number of morpholine rings is 1. The van der Waals surface area contributed by atoms with Gasteiger partial charge in [-0.2, -0.15) is 5.10 Å². The van der Waals surface area contributed by atoms with E-state index in [1.54, 1.807) is 6.07 Å². The molecular weight excluding hydrogens is 275 g/mol. The molecule has 1 aliphatic heterocycles. The number of carbonyl (C=O) groups is 1. The maximum absolute atomic E-state index is 14.1. The normalized spacial score (nSPS) is 18.4. The third kappa shape index (κ3) is 3.09. The van der Waals surface area contributed by atoms with Crippen molar-refractivity contribution < 1.29 is 13.9 Å². The lowest BCUT2D eigenvalue weighted by atomic mass is 10.1. The van der Waals surface area contributed by atoms with Gasteiger partial charge in [-0.25, -0.2) is 4.39 Å². The van der Waals surface area contributed by atoms with Gasteiger partial charge < -0.3 is 15.4 Å². The van der Waals surface area contributed by atoms with Crippen molar-refractivity contribution in [3.8, 4) is 0 Å². The zero-order chi connectivity index (χ0) is 14.7. The Hall–Kier alpha value is -2.25. The first-order valence-electron chi connectivity index (χ1n) is 6.66. The van der Waals surface area contributed by atoms with Crippen molar-refractivity contribution in [1.29, 1.82) is 0 Å². The fourth-order valence-corrected chi connectivity index (χ4v) is 2.18. The van der Waals surface area contributed by atoms with Crippen LogP contribution in [-0.2, 0) is 4.74 Å². The van der Waals surface area contributed by atoms with Gasteiger partial charge in [-0.05, 0) is 23.8 Å². The van der Waals surface area contributed by atoms with Crippen molar-refractivity contribution in [3.05, 3.63) is 47.5 Å². The summed E-state index contributed by atoms with van der Waals surface area (Å²) in [6.07, 6.45) is 1.30. The van der Waals surface area contributed by atoms with Crippen LogP contribution in [-0.4, -0.2) is 35.8 Å². The van der Waals surface area contributed by atoms with Gasteiger partial charge in [0.15, 0.2) is 0 Å². The first-order valence-corrected chi connectivity index (χ1v) is 6.66. The molecule has 0 aliphatic carbocycles. The van der Waals surface area contributed by atoms with E-state index in [-0.39, 0.29) is 17.5 Å². The van der Waals surface area contributed by atoms with Gasteiger partial charge in [-0.3, -0.25) is 9.89 Å². The quantitative estimate of drug-likeness (QED) is 0.799. The summed E-state index contributed by atoms with van der Waals surface area (Å²) in [6, 6.07) is 6.20. The summed E-state index contributed by atoms with van der Waals surface area (Å²) in [5.74, 6) is -0.927. The SMILES string of the molecule is O=C(Nc1ccc([C@@H]2CNCCO2)cc1F)c1ccn[nH]1. The van der Waals surface area contributed by atoms with Crippen molar-refractivity contribution in [2.24, 2.45) is 0 Å². The average molecular weight is 290 g/mol. The lowest BCUT2D eigenvalue weighted by molar-refractivity contribution is 0.0275. The van der Waals surface area contributed by atoms with Crippen molar-refractivity contribution >= 4 is 11.6 Å². The Morgan fingerprint density at radius 2 is 2.33 bits per heavy atom. The molecule has 0 unspecified atom stereocenters. The topological polar surface area (TPSA) is 79.0 Å². The molecule has 7 heteroatoms. The highest BCUT2D eigenvalue weighted by molar-refractivity contribution is 6.02. The number of hydrogen-bond acceptors (Lipinski definition) is 4. The first-order chi connectivity index (χ1) is 10.2. The van der Waals surface area contributed by atoms with Gasteiger partial charge in [-0.1, -0.05) is 6.07 Å². The number of amides is 1. The fourth-order valence-electron chi connectivity index (χ4n) is 2.18. The Morgan fingerprint density at radius 3 is 3.00 bits per heavy atom. The molecular formula is C14H15FN4O2. The Balaban J connectivity index is 1.73. The molecule has 1 aromatic carbocycles. The van der Waals surface area contributed by atoms with Crippen LogP contribution in [0, 0.1) is 5.82 Å². The molecule has 0 spiro atoms. The number of rotatable bonds is 3. The average Bonchev–Trinajstić information content (AvgIpc) is 3.04.